The molecular formula is C28H31ClN2O3. The van der Waals surface area contributed by atoms with Gasteiger partial charge in [-0.05, 0) is 48.7 Å². The van der Waals surface area contributed by atoms with Crippen LogP contribution in [-0.4, -0.2) is 35.9 Å². The predicted octanol–water partition coefficient (Wildman–Crippen LogP) is 5.28. The van der Waals surface area contributed by atoms with Gasteiger partial charge in [0.25, 0.3) is 0 Å². The van der Waals surface area contributed by atoms with Crippen molar-refractivity contribution in [3.8, 4) is 5.75 Å². The van der Waals surface area contributed by atoms with Crippen molar-refractivity contribution in [1.29, 1.82) is 0 Å². The Labute approximate surface area is 206 Å². The fraction of sp³-hybridized carbons (Fsp3) is 0.286. The molecular weight excluding hydrogens is 448 g/mol. The summed E-state index contributed by atoms with van der Waals surface area (Å²) in [6.45, 7) is 3.13. The topological polar surface area (TPSA) is 58.6 Å². The maximum absolute atomic E-state index is 13.4. The number of hydrogen-bond acceptors (Lipinski definition) is 3. The van der Waals surface area contributed by atoms with Crippen molar-refractivity contribution in [3.05, 3.63) is 101 Å². The Hall–Kier alpha value is -3.31. The molecule has 0 aliphatic rings. The smallest absolute Gasteiger partial charge is 0.243 e. The number of ether oxygens (including phenoxy) is 1. The first-order chi connectivity index (χ1) is 16.6. The molecule has 0 aliphatic carbocycles. The van der Waals surface area contributed by atoms with Gasteiger partial charge in [-0.1, -0.05) is 72.3 Å². The minimum absolute atomic E-state index is 0.0844. The SMILES string of the molecule is CCNC(=O)C(Cc1ccccc1)N(Cc1ccc(Cl)cc1)C(=O)CCCOc1ccccc1. The molecule has 178 valence electrons. The molecule has 1 N–H and O–H groups in total. The van der Waals surface area contributed by atoms with Gasteiger partial charge in [-0.3, -0.25) is 9.59 Å². The molecule has 0 heterocycles. The summed E-state index contributed by atoms with van der Waals surface area (Å²) in [6.07, 6.45) is 1.27. The van der Waals surface area contributed by atoms with Crippen LogP contribution in [0, 0.1) is 0 Å². The van der Waals surface area contributed by atoms with Crippen molar-refractivity contribution >= 4 is 23.4 Å². The lowest BCUT2D eigenvalue weighted by atomic mass is 10.0. The van der Waals surface area contributed by atoms with Crippen LogP contribution >= 0.6 is 11.6 Å². The maximum atomic E-state index is 13.4. The Morgan fingerprint density at radius 3 is 2.21 bits per heavy atom. The molecule has 1 atom stereocenters. The predicted molar refractivity (Wildman–Crippen MR) is 136 cm³/mol. The Balaban J connectivity index is 1.76. The second-order valence-electron chi connectivity index (χ2n) is 8.01. The Bertz CT molecular complexity index is 1030. The molecule has 3 rings (SSSR count). The van der Waals surface area contributed by atoms with Crippen molar-refractivity contribution in [2.75, 3.05) is 13.2 Å². The molecule has 6 heteroatoms. The zero-order valence-electron chi connectivity index (χ0n) is 19.5. The fourth-order valence-corrected chi connectivity index (χ4v) is 3.83. The lowest BCUT2D eigenvalue weighted by Crippen LogP contribution is -2.50. The van der Waals surface area contributed by atoms with Gasteiger partial charge in [-0.2, -0.15) is 0 Å². The summed E-state index contributed by atoms with van der Waals surface area (Å²) in [5.41, 5.74) is 1.92. The van der Waals surface area contributed by atoms with Gasteiger partial charge in [0.2, 0.25) is 11.8 Å². The third-order valence-electron chi connectivity index (χ3n) is 5.44. The highest BCUT2D eigenvalue weighted by molar-refractivity contribution is 6.30. The molecule has 0 bridgehead atoms. The first kappa shape index (κ1) is 25.3. The summed E-state index contributed by atoms with van der Waals surface area (Å²) in [7, 11) is 0. The molecule has 0 spiro atoms. The first-order valence-electron chi connectivity index (χ1n) is 11.6. The number of para-hydroxylation sites is 1. The van der Waals surface area contributed by atoms with E-state index in [-0.39, 0.29) is 18.2 Å². The highest BCUT2D eigenvalue weighted by Crippen LogP contribution is 2.18. The monoisotopic (exact) mass is 478 g/mol. The van der Waals surface area contributed by atoms with Crippen LogP contribution in [0.4, 0.5) is 0 Å². The number of benzene rings is 3. The van der Waals surface area contributed by atoms with Gasteiger partial charge in [0.1, 0.15) is 11.8 Å². The highest BCUT2D eigenvalue weighted by atomic mass is 35.5. The summed E-state index contributed by atoms with van der Waals surface area (Å²) >= 11 is 6.05. The van der Waals surface area contributed by atoms with Crippen LogP contribution in [0.2, 0.25) is 5.02 Å². The van der Waals surface area contributed by atoms with Crippen molar-refractivity contribution in [3.63, 3.8) is 0 Å². The van der Waals surface area contributed by atoms with Crippen LogP contribution in [0.3, 0.4) is 0 Å². The summed E-state index contributed by atoms with van der Waals surface area (Å²) in [6, 6.07) is 26.0. The second-order valence-corrected chi connectivity index (χ2v) is 8.45. The van der Waals surface area contributed by atoms with Crippen molar-refractivity contribution in [2.45, 2.75) is 38.8 Å². The lowest BCUT2D eigenvalue weighted by Gasteiger charge is -2.31. The molecule has 34 heavy (non-hydrogen) atoms. The third kappa shape index (κ3) is 7.92. The Morgan fingerprint density at radius 2 is 1.56 bits per heavy atom. The summed E-state index contributed by atoms with van der Waals surface area (Å²) in [4.78, 5) is 28.2. The number of carbonyl (C=O) groups excluding carboxylic acids is 2. The molecule has 0 saturated heterocycles. The highest BCUT2D eigenvalue weighted by Gasteiger charge is 2.29. The van der Waals surface area contributed by atoms with E-state index in [1.807, 2.05) is 79.7 Å². The fourth-order valence-electron chi connectivity index (χ4n) is 3.71. The number of amides is 2. The quantitative estimate of drug-likeness (QED) is 0.360. The van der Waals surface area contributed by atoms with E-state index in [1.54, 1.807) is 17.0 Å². The van der Waals surface area contributed by atoms with E-state index in [1.165, 1.54) is 0 Å². The minimum Gasteiger partial charge on any atom is -0.494 e. The number of halogens is 1. The number of nitrogens with zero attached hydrogens (tertiary/aromatic N) is 1. The van der Waals surface area contributed by atoms with Crippen LogP contribution in [-0.2, 0) is 22.6 Å². The molecule has 3 aromatic rings. The lowest BCUT2D eigenvalue weighted by molar-refractivity contribution is -0.141. The standard InChI is InChI=1S/C28H31ClN2O3/c1-2-30-28(33)26(20-22-10-5-3-6-11-22)31(21-23-15-17-24(29)18-16-23)27(32)14-9-19-34-25-12-7-4-8-13-25/h3-8,10-13,15-18,26H,2,9,14,19-21H2,1H3,(H,30,33). The van der Waals surface area contributed by atoms with E-state index in [2.05, 4.69) is 5.32 Å². The van der Waals surface area contributed by atoms with Crippen LogP contribution in [0.5, 0.6) is 5.75 Å². The third-order valence-corrected chi connectivity index (χ3v) is 5.69. The number of hydrogen-bond donors (Lipinski definition) is 1. The zero-order valence-corrected chi connectivity index (χ0v) is 20.2. The largest absolute Gasteiger partial charge is 0.494 e. The van der Waals surface area contributed by atoms with E-state index in [0.717, 1.165) is 16.9 Å². The van der Waals surface area contributed by atoms with Crippen molar-refractivity contribution < 1.29 is 14.3 Å². The van der Waals surface area contributed by atoms with Crippen LogP contribution in [0.25, 0.3) is 0 Å². The van der Waals surface area contributed by atoms with E-state index in [0.29, 0.717) is 37.6 Å². The minimum atomic E-state index is -0.624. The normalized spacial score (nSPS) is 11.5. The molecule has 0 aromatic heterocycles. The van der Waals surface area contributed by atoms with Crippen LogP contribution < -0.4 is 10.1 Å². The van der Waals surface area contributed by atoms with Gasteiger partial charge in [0.05, 0.1) is 6.61 Å². The van der Waals surface area contributed by atoms with Crippen LogP contribution in [0.1, 0.15) is 30.9 Å². The second kappa shape index (κ2) is 13.4. The molecule has 0 radical (unpaired) electrons. The van der Waals surface area contributed by atoms with Gasteiger partial charge < -0.3 is 15.0 Å². The molecule has 5 nitrogen and oxygen atoms in total. The summed E-state index contributed by atoms with van der Waals surface area (Å²) in [5.74, 6) is 0.533. The first-order valence-corrected chi connectivity index (χ1v) is 12.0. The zero-order chi connectivity index (χ0) is 24.2. The average molecular weight is 479 g/mol. The molecule has 0 aliphatic heterocycles. The average Bonchev–Trinajstić information content (AvgIpc) is 2.86. The number of carbonyl (C=O) groups is 2. The number of nitrogens with one attached hydrogen (secondary N) is 1. The summed E-state index contributed by atoms with van der Waals surface area (Å²) in [5, 5.41) is 3.54. The maximum Gasteiger partial charge on any atom is 0.243 e. The molecule has 3 aromatic carbocycles. The number of likely N-dealkylation sites (N-methyl/N-ethyl adjacent to an activating group) is 1. The Kier molecular flexibility index (Phi) is 9.98. The van der Waals surface area contributed by atoms with E-state index >= 15 is 0 Å². The van der Waals surface area contributed by atoms with Gasteiger partial charge in [0, 0.05) is 31.0 Å². The van der Waals surface area contributed by atoms with Gasteiger partial charge in [-0.25, -0.2) is 0 Å². The molecule has 0 saturated carbocycles. The van der Waals surface area contributed by atoms with Gasteiger partial charge in [-0.15, -0.1) is 0 Å². The van der Waals surface area contributed by atoms with Gasteiger partial charge in [0.15, 0.2) is 0 Å². The van der Waals surface area contributed by atoms with Gasteiger partial charge >= 0.3 is 0 Å². The molecule has 0 fully saturated rings. The van der Waals surface area contributed by atoms with E-state index in [9.17, 15) is 9.59 Å². The molecule has 2 amide bonds. The van der Waals surface area contributed by atoms with Crippen molar-refractivity contribution in [1.82, 2.24) is 10.2 Å². The number of rotatable bonds is 12. The molecule has 1 unspecified atom stereocenters. The summed E-state index contributed by atoms with van der Waals surface area (Å²) < 4.78 is 5.75. The van der Waals surface area contributed by atoms with Crippen LogP contribution in [0.15, 0.2) is 84.9 Å². The van der Waals surface area contributed by atoms with Crippen molar-refractivity contribution in [2.24, 2.45) is 0 Å². The van der Waals surface area contributed by atoms with E-state index in [4.69, 9.17) is 16.3 Å². The van der Waals surface area contributed by atoms with E-state index < -0.39 is 6.04 Å². The Morgan fingerprint density at radius 1 is 0.912 bits per heavy atom.